The van der Waals surface area contributed by atoms with Gasteiger partial charge in [0.05, 0.1) is 16.1 Å². The second-order valence-corrected chi connectivity index (χ2v) is 9.25. The van der Waals surface area contributed by atoms with Crippen LogP contribution in [0.15, 0.2) is 47.4 Å². The van der Waals surface area contributed by atoms with Crippen LogP contribution in [0.3, 0.4) is 0 Å². The number of anilines is 1. The lowest BCUT2D eigenvalue weighted by Gasteiger charge is -2.18. The first-order valence-electron chi connectivity index (χ1n) is 10.1. The lowest BCUT2D eigenvalue weighted by molar-refractivity contribution is 0.0954. The first-order valence-corrected chi connectivity index (χ1v) is 11.6. The molecular weight excluding hydrogens is 402 g/mol. The predicted molar refractivity (Wildman–Crippen MR) is 116 cm³/mol. The van der Waals surface area contributed by atoms with Crippen molar-refractivity contribution in [1.29, 1.82) is 0 Å². The van der Waals surface area contributed by atoms with E-state index in [0.29, 0.717) is 36.4 Å². The maximum Gasteiger partial charge on any atom is 0.255 e. The van der Waals surface area contributed by atoms with E-state index >= 15 is 0 Å². The summed E-state index contributed by atoms with van der Waals surface area (Å²) in [6.07, 6.45) is 2.49. The van der Waals surface area contributed by atoms with Crippen LogP contribution in [0, 0.1) is 6.92 Å². The number of sulfonamides is 1. The average Bonchev–Trinajstić information content (AvgIpc) is 3.28. The molecule has 30 heavy (non-hydrogen) atoms. The van der Waals surface area contributed by atoms with E-state index in [9.17, 15) is 18.0 Å². The molecule has 0 bridgehead atoms. The Balaban J connectivity index is 1.86. The molecule has 8 heteroatoms. The quantitative estimate of drug-likeness (QED) is 0.707. The Bertz CT molecular complexity index is 1040. The minimum absolute atomic E-state index is 0.144. The molecule has 0 aromatic heterocycles. The summed E-state index contributed by atoms with van der Waals surface area (Å²) in [6, 6.07) is 11.4. The molecule has 0 unspecified atom stereocenters. The summed E-state index contributed by atoms with van der Waals surface area (Å²) >= 11 is 0. The van der Waals surface area contributed by atoms with Gasteiger partial charge in [-0.3, -0.25) is 9.59 Å². The first-order chi connectivity index (χ1) is 14.3. The summed E-state index contributed by atoms with van der Waals surface area (Å²) in [5.74, 6) is -0.738. The van der Waals surface area contributed by atoms with Gasteiger partial charge in [0, 0.05) is 25.2 Å². The van der Waals surface area contributed by atoms with E-state index in [1.165, 1.54) is 10.4 Å². The number of aryl methyl sites for hydroxylation is 1. The van der Waals surface area contributed by atoms with Crippen LogP contribution in [0.25, 0.3) is 0 Å². The van der Waals surface area contributed by atoms with Crippen LogP contribution in [0.1, 0.15) is 52.5 Å². The highest BCUT2D eigenvalue weighted by molar-refractivity contribution is 7.89. The molecule has 3 rings (SSSR count). The van der Waals surface area contributed by atoms with Gasteiger partial charge in [0.1, 0.15) is 0 Å². The first kappa shape index (κ1) is 22.0. The Hall–Kier alpha value is -2.71. The number of benzene rings is 2. The van der Waals surface area contributed by atoms with Crippen LogP contribution in [0.2, 0.25) is 0 Å². The van der Waals surface area contributed by atoms with Crippen LogP contribution in [0.5, 0.6) is 0 Å². The van der Waals surface area contributed by atoms with Crippen molar-refractivity contribution in [3.63, 3.8) is 0 Å². The minimum atomic E-state index is -3.64. The van der Waals surface area contributed by atoms with Crippen LogP contribution in [-0.4, -0.2) is 44.2 Å². The largest absolute Gasteiger partial charge is 0.352 e. The zero-order valence-electron chi connectivity index (χ0n) is 17.3. The van der Waals surface area contributed by atoms with Gasteiger partial charge < -0.3 is 10.6 Å². The number of hydrogen-bond donors (Lipinski definition) is 2. The molecule has 1 saturated heterocycles. The van der Waals surface area contributed by atoms with E-state index in [2.05, 4.69) is 10.6 Å². The zero-order valence-corrected chi connectivity index (χ0v) is 18.1. The van der Waals surface area contributed by atoms with Crippen molar-refractivity contribution in [2.24, 2.45) is 0 Å². The van der Waals surface area contributed by atoms with Crippen molar-refractivity contribution in [2.75, 3.05) is 25.0 Å². The van der Waals surface area contributed by atoms with Gasteiger partial charge in [-0.05, 0) is 56.0 Å². The fraction of sp³-hybridized carbons (Fsp3) is 0.364. The summed E-state index contributed by atoms with van der Waals surface area (Å²) in [5, 5.41) is 5.54. The number of rotatable bonds is 7. The maximum atomic E-state index is 13.0. The van der Waals surface area contributed by atoms with E-state index in [1.54, 1.807) is 43.3 Å². The fourth-order valence-corrected chi connectivity index (χ4v) is 5.17. The highest BCUT2D eigenvalue weighted by atomic mass is 32.2. The molecule has 0 saturated carbocycles. The molecule has 1 aliphatic rings. The molecule has 2 N–H and O–H groups in total. The van der Waals surface area contributed by atoms with Crippen LogP contribution >= 0.6 is 0 Å². The number of carbonyl (C=O) groups is 2. The second-order valence-electron chi connectivity index (χ2n) is 7.35. The second kappa shape index (κ2) is 9.40. The smallest absolute Gasteiger partial charge is 0.255 e. The lowest BCUT2D eigenvalue weighted by atomic mass is 10.1. The van der Waals surface area contributed by atoms with Crippen molar-refractivity contribution in [3.8, 4) is 0 Å². The molecular formula is C22H27N3O4S. The Kier molecular flexibility index (Phi) is 6.89. The summed E-state index contributed by atoms with van der Waals surface area (Å²) in [6.45, 7) is 5.21. The third-order valence-corrected chi connectivity index (χ3v) is 7.13. The van der Waals surface area contributed by atoms with E-state index < -0.39 is 15.9 Å². The Morgan fingerprint density at radius 1 is 1.03 bits per heavy atom. The lowest BCUT2D eigenvalue weighted by Crippen LogP contribution is -2.29. The van der Waals surface area contributed by atoms with Gasteiger partial charge >= 0.3 is 0 Å². The number of amides is 2. The van der Waals surface area contributed by atoms with Gasteiger partial charge in [0.2, 0.25) is 10.0 Å². The van der Waals surface area contributed by atoms with Gasteiger partial charge in [-0.1, -0.05) is 25.1 Å². The summed E-state index contributed by atoms with van der Waals surface area (Å²) in [5.41, 5.74) is 1.55. The molecule has 1 fully saturated rings. The highest BCUT2D eigenvalue weighted by Gasteiger charge is 2.29. The highest BCUT2D eigenvalue weighted by Crippen LogP contribution is 2.25. The molecule has 7 nitrogen and oxygen atoms in total. The van der Waals surface area contributed by atoms with Crippen molar-refractivity contribution in [2.45, 2.75) is 38.0 Å². The SMILES string of the molecule is CCCNC(=O)c1ccccc1NC(=O)c1ccc(C)c(S(=O)(=O)N2CCCC2)c1. The monoisotopic (exact) mass is 429 g/mol. The molecule has 0 radical (unpaired) electrons. The molecule has 2 aromatic rings. The van der Waals surface area contributed by atoms with Crippen molar-refractivity contribution in [3.05, 3.63) is 59.2 Å². The summed E-state index contributed by atoms with van der Waals surface area (Å²) in [7, 11) is -3.64. The molecule has 1 aliphatic heterocycles. The standard InChI is InChI=1S/C22H27N3O4S/c1-3-12-23-22(27)18-8-4-5-9-19(18)24-21(26)17-11-10-16(2)20(15-17)30(28,29)25-13-6-7-14-25/h4-5,8-11,15H,3,6-7,12-14H2,1-2H3,(H,23,27)(H,24,26). The summed E-state index contributed by atoms with van der Waals surface area (Å²) in [4.78, 5) is 25.4. The normalized spacial score (nSPS) is 14.5. The Morgan fingerprint density at radius 2 is 1.73 bits per heavy atom. The van der Waals surface area contributed by atoms with Gasteiger partial charge in [-0.25, -0.2) is 8.42 Å². The Morgan fingerprint density at radius 3 is 2.43 bits per heavy atom. The van der Waals surface area contributed by atoms with Gasteiger partial charge in [0.15, 0.2) is 0 Å². The van der Waals surface area contributed by atoms with E-state index in [-0.39, 0.29) is 16.4 Å². The van der Waals surface area contributed by atoms with Gasteiger partial charge in [0.25, 0.3) is 11.8 Å². The minimum Gasteiger partial charge on any atom is -0.352 e. The van der Waals surface area contributed by atoms with Gasteiger partial charge in [-0.2, -0.15) is 4.31 Å². The molecule has 0 aliphatic carbocycles. The number of nitrogens with one attached hydrogen (secondary N) is 2. The van der Waals surface area contributed by atoms with Crippen molar-refractivity contribution < 1.29 is 18.0 Å². The number of para-hydroxylation sites is 1. The molecule has 1 heterocycles. The third kappa shape index (κ3) is 4.71. The molecule has 0 spiro atoms. The van der Waals surface area contributed by atoms with Gasteiger partial charge in [-0.15, -0.1) is 0 Å². The zero-order chi connectivity index (χ0) is 21.7. The maximum absolute atomic E-state index is 13.0. The number of carbonyl (C=O) groups excluding carboxylic acids is 2. The average molecular weight is 430 g/mol. The molecule has 2 aromatic carbocycles. The molecule has 0 atom stereocenters. The third-order valence-electron chi connectivity index (χ3n) is 5.09. The fourth-order valence-electron chi connectivity index (χ4n) is 3.41. The van der Waals surface area contributed by atoms with Crippen LogP contribution in [0.4, 0.5) is 5.69 Å². The van der Waals surface area contributed by atoms with Crippen LogP contribution in [-0.2, 0) is 10.0 Å². The van der Waals surface area contributed by atoms with E-state index in [4.69, 9.17) is 0 Å². The molecule has 2 amide bonds. The van der Waals surface area contributed by atoms with Crippen LogP contribution < -0.4 is 10.6 Å². The van der Waals surface area contributed by atoms with Crippen molar-refractivity contribution >= 4 is 27.5 Å². The van der Waals surface area contributed by atoms with E-state index in [0.717, 1.165) is 19.3 Å². The van der Waals surface area contributed by atoms with E-state index in [1.807, 2.05) is 6.92 Å². The topological polar surface area (TPSA) is 95.6 Å². The summed E-state index contributed by atoms with van der Waals surface area (Å²) < 4.78 is 27.4. The predicted octanol–water partition coefficient (Wildman–Crippen LogP) is 3.17. The number of hydrogen-bond acceptors (Lipinski definition) is 4. The van der Waals surface area contributed by atoms with Crippen molar-refractivity contribution in [1.82, 2.24) is 9.62 Å². The number of nitrogens with zero attached hydrogens (tertiary/aromatic N) is 1. The Labute approximate surface area is 177 Å². The molecule has 160 valence electrons.